The van der Waals surface area contributed by atoms with E-state index < -0.39 is 0 Å². The van der Waals surface area contributed by atoms with Gasteiger partial charge in [0.25, 0.3) is 5.91 Å². The van der Waals surface area contributed by atoms with Crippen LogP contribution in [0.3, 0.4) is 0 Å². The van der Waals surface area contributed by atoms with Crippen molar-refractivity contribution in [3.8, 4) is 0 Å². The first-order chi connectivity index (χ1) is 13.3. The summed E-state index contributed by atoms with van der Waals surface area (Å²) in [6.45, 7) is 5.33. The van der Waals surface area contributed by atoms with Crippen LogP contribution in [0.2, 0.25) is 5.02 Å². The van der Waals surface area contributed by atoms with E-state index >= 15 is 0 Å². The number of ketones is 1. The van der Waals surface area contributed by atoms with Crippen LogP contribution in [0.25, 0.3) is 0 Å². The normalized spacial score (nSPS) is 10.4. The number of aryl methyl sites for hydroxylation is 2. The van der Waals surface area contributed by atoms with Crippen molar-refractivity contribution in [2.45, 2.75) is 20.8 Å². The van der Waals surface area contributed by atoms with Crippen LogP contribution in [-0.2, 0) is 0 Å². The van der Waals surface area contributed by atoms with E-state index in [1.807, 2.05) is 19.9 Å². The Hall–Kier alpha value is -3.25. The lowest BCUT2D eigenvalue weighted by Gasteiger charge is -2.11. The van der Waals surface area contributed by atoms with Gasteiger partial charge < -0.3 is 10.6 Å². The number of anilines is 3. The summed E-state index contributed by atoms with van der Waals surface area (Å²) in [5.74, 6) is -0.0533. The highest BCUT2D eigenvalue weighted by Crippen LogP contribution is 2.27. The van der Waals surface area contributed by atoms with Gasteiger partial charge in [0.2, 0.25) is 5.95 Å². The van der Waals surface area contributed by atoms with E-state index in [2.05, 4.69) is 20.6 Å². The van der Waals surface area contributed by atoms with E-state index in [4.69, 9.17) is 11.6 Å². The second-order valence-corrected chi connectivity index (χ2v) is 6.86. The average molecular weight is 395 g/mol. The second-order valence-electron chi connectivity index (χ2n) is 6.45. The Kier molecular flexibility index (Phi) is 5.70. The largest absolute Gasteiger partial charge is 0.324 e. The van der Waals surface area contributed by atoms with E-state index in [9.17, 15) is 9.59 Å². The Morgan fingerprint density at radius 2 is 1.71 bits per heavy atom. The lowest BCUT2D eigenvalue weighted by Crippen LogP contribution is -2.14. The van der Waals surface area contributed by atoms with Gasteiger partial charge in [0.05, 0.1) is 16.3 Å². The van der Waals surface area contributed by atoms with Crippen LogP contribution >= 0.6 is 11.6 Å². The molecule has 1 aromatic heterocycles. The molecule has 0 saturated heterocycles. The molecule has 7 heteroatoms. The molecule has 3 rings (SSSR count). The molecule has 0 spiro atoms. The number of amides is 1. The summed E-state index contributed by atoms with van der Waals surface area (Å²) < 4.78 is 0. The van der Waals surface area contributed by atoms with Gasteiger partial charge in [-0.3, -0.25) is 9.59 Å². The molecule has 0 saturated carbocycles. The van der Waals surface area contributed by atoms with Gasteiger partial charge in [-0.1, -0.05) is 29.8 Å². The molecule has 0 radical (unpaired) electrons. The van der Waals surface area contributed by atoms with Crippen molar-refractivity contribution in [1.29, 1.82) is 0 Å². The zero-order valence-corrected chi connectivity index (χ0v) is 16.5. The zero-order chi connectivity index (χ0) is 20.3. The Morgan fingerprint density at radius 3 is 2.36 bits per heavy atom. The maximum atomic E-state index is 12.5. The topological polar surface area (TPSA) is 84.0 Å². The molecule has 6 nitrogen and oxygen atoms in total. The van der Waals surface area contributed by atoms with Crippen molar-refractivity contribution in [2.24, 2.45) is 0 Å². The van der Waals surface area contributed by atoms with Gasteiger partial charge in [-0.05, 0) is 50.1 Å². The minimum absolute atomic E-state index is 0.0263. The minimum atomic E-state index is -0.348. The summed E-state index contributed by atoms with van der Waals surface area (Å²) in [5.41, 5.74) is 4.05. The van der Waals surface area contributed by atoms with E-state index in [0.29, 0.717) is 33.5 Å². The number of carbonyl (C=O) groups is 2. The lowest BCUT2D eigenvalue weighted by molar-refractivity contribution is 0.101. The first-order valence-corrected chi connectivity index (χ1v) is 8.99. The molecule has 0 bridgehead atoms. The number of hydrogen-bond acceptors (Lipinski definition) is 5. The number of halogens is 1. The average Bonchev–Trinajstić information content (AvgIpc) is 2.65. The Morgan fingerprint density at radius 1 is 1.00 bits per heavy atom. The third-order valence-corrected chi connectivity index (χ3v) is 4.41. The molecule has 1 heterocycles. The lowest BCUT2D eigenvalue weighted by atomic mass is 10.1. The van der Waals surface area contributed by atoms with Crippen molar-refractivity contribution in [2.75, 3.05) is 10.6 Å². The third-order valence-electron chi connectivity index (χ3n) is 4.11. The third kappa shape index (κ3) is 4.53. The number of benzene rings is 2. The van der Waals surface area contributed by atoms with E-state index in [1.54, 1.807) is 30.3 Å². The zero-order valence-electron chi connectivity index (χ0n) is 15.7. The highest BCUT2D eigenvalue weighted by Gasteiger charge is 2.12. The summed E-state index contributed by atoms with van der Waals surface area (Å²) in [7, 11) is 0. The summed E-state index contributed by atoms with van der Waals surface area (Å²) >= 11 is 6.24. The number of aromatic nitrogens is 2. The van der Waals surface area contributed by atoms with Crippen LogP contribution in [0.1, 0.15) is 38.8 Å². The fourth-order valence-electron chi connectivity index (χ4n) is 2.71. The SMILES string of the molecule is CC(=O)c1cccc(Nc2ncc(C(=O)Nc3c(C)cc(C)cc3Cl)cn2)c1. The number of rotatable bonds is 5. The monoisotopic (exact) mass is 394 g/mol. The number of nitrogens with one attached hydrogen (secondary N) is 2. The fraction of sp³-hybridized carbons (Fsp3) is 0.143. The summed E-state index contributed by atoms with van der Waals surface area (Å²) in [4.78, 5) is 32.3. The molecule has 0 fully saturated rings. The van der Waals surface area contributed by atoms with Gasteiger partial charge in [-0.25, -0.2) is 9.97 Å². The molecule has 28 heavy (non-hydrogen) atoms. The van der Waals surface area contributed by atoms with E-state index in [1.165, 1.54) is 19.3 Å². The molecular formula is C21H19ClN4O2. The number of Topliss-reactive ketones (excluding diaryl/α,β-unsaturated/α-hetero) is 1. The first kappa shape index (κ1) is 19.5. The Labute approximate surface area is 168 Å². The van der Waals surface area contributed by atoms with E-state index in [-0.39, 0.29) is 11.7 Å². The van der Waals surface area contributed by atoms with Crippen molar-refractivity contribution >= 4 is 40.6 Å². The number of carbonyl (C=O) groups excluding carboxylic acids is 2. The van der Waals surface area contributed by atoms with Crippen molar-refractivity contribution in [3.63, 3.8) is 0 Å². The second kappa shape index (κ2) is 8.19. The first-order valence-electron chi connectivity index (χ1n) is 8.61. The molecule has 2 aromatic carbocycles. The maximum absolute atomic E-state index is 12.5. The summed E-state index contributed by atoms with van der Waals surface area (Å²) in [5, 5.41) is 6.30. The summed E-state index contributed by atoms with van der Waals surface area (Å²) in [6, 6.07) is 10.8. The van der Waals surface area contributed by atoms with Crippen LogP contribution in [0.4, 0.5) is 17.3 Å². The van der Waals surface area contributed by atoms with Crippen LogP contribution in [-0.4, -0.2) is 21.7 Å². The molecule has 0 aliphatic carbocycles. The van der Waals surface area contributed by atoms with Crippen molar-refractivity contribution in [1.82, 2.24) is 9.97 Å². The van der Waals surface area contributed by atoms with Gasteiger partial charge in [0.15, 0.2) is 5.78 Å². The molecule has 3 aromatic rings. The van der Waals surface area contributed by atoms with E-state index in [0.717, 1.165) is 11.1 Å². The molecule has 2 N–H and O–H groups in total. The Balaban J connectivity index is 1.73. The van der Waals surface area contributed by atoms with Crippen LogP contribution in [0.5, 0.6) is 0 Å². The van der Waals surface area contributed by atoms with Crippen LogP contribution < -0.4 is 10.6 Å². The van der Waals surface area contributed by atoms with Crippen molar-refractivity contribution < 1.29 is 9.59 Å². The van der Waals surface area contributed by atoms with Crippen molar-refractivity contribution in [3.05, 3.63) is 76.1 Å². The quantitative estimate of drug-likeness (QED) is 0.598. The molecule has 0 atom stereocenters. The van der Waals surface area contributed by atoms with Gasteiger partial charge >= 0.3 is 0 Å². The number of nitrogens with zero attached hydrogens (tertiary/aromatic N) is 2. The minimum Gasteiger partial charge on any atom is -0.324 e. The molecule has 142 valence electrons. The highest BCUT2D eigenvalue weighted by atomic mass is 35.5. The molecule has 0 unspecified atom stereocenters. The Bertz CT molecular complexity index is 1030. The molecule has 0 aliphatic heterocycles. The van der Waals surface area contributed by atoms with Gasteiger partial charge in [-0.2, -0.15) is 0 Å². The predicted octanol–water partition coefficient (Wildman–Crippen LogP) is 4.95. The molecular weight excluding hydrogens is 376 g/mol. The molecule has 1 amide bonds. The smallest absolute Gasteiger partial charge is 0.258 e. The molecule has 0 aliphatic rings. The standard InChI is InChI=1S/C21H19ClN4O2/c1-12-7-13(2)19(18(22)8-12)26-20(28)16-10-23-21(24-11-16)25-17-6-4-5-15(9-17)14(3)27/h4-11H,1-3H3,(H,26,28)(H,23,24,25). The maximum Gasteiger partial charge on any atom is 0.258 e. The van der Waals surface area contributed by atoms with Gasteiger partial charge in [-0.15, -0.1) is 0 Å². The van der Waals surface area contributed by atoms with Crippen LogP contribution in [0, 0.1) is 13.8 Å². The fourth-order valence-corrected chi connectivity index (χ4v) is 3.08. The highest BCUT2D eigenvalue weighted by molar-refractivity contribution is 6.34. The van der Waals surface area contributed by atoms with Crippen LogP contribution in [0.15, 0.2) is 48.8 Å². The number of hydrogen-bond donors (Lipinski definition) is 2. The predicted molar refractivity (Wildman–Crippen MR) is 111 cm³/mol. The van der Waals surface area contributed by atoms with Gasteiger partial charge in [0.1, 0.15) is 0 Å². The summed E-state index contributed by atoms with van der Waals surface area (Å²) in [6.07, 6.45) is 2.85. The van der Waals surface area contributed by atoms with Gasteiger partial charge in [0, 0.05) is 23.6 Å².